The zero-order chi connectivity index (χ0) is 17.7. The number of thioether (sulfide) groups is 1. The second-order valence-corrected chi connectivity index (χ2v) is 7.12. The highest BCUT2D eigenvalue weighted by Gasteiger charge is 2.41. The van der Waals surface area contributed by atoms with E-state index in [1.807, 2.05) is 24.3 Å². The summed E-state index contributed by atoms with van der Waals surface area (Å²) >= 11 is 7.52. The molecule has 1 N–H and O–H groups in total. The molecule has 0 bridgehead atoms. The summed E-state index contributed by atoms with van der Waals surface area (Å²) in [5, 5.41) is 3.50. The van der Waals surface area contributed by atoms with E-state index in [0.29, 0.717) is 11.6 Å². The number of nitrogens with zero attached hydrogens (tertiary/aromatic N) is 2. The molecule has 0 spiro atoms. The van der Waals surface area contributed by atoms with Crippen molar-refractivity contribution in [3.63, 3.8) is 0 Å². The molecule has 1 aromatic rings. The largest absolute Gasteiger partial charge is 0.356 e. The lowest BCUT2D eigenvalue weighted by molar-refractivity contribution is -0.131. The van der Waals surface area contributed by atoms with Gasteiger partial charge in [0.1, 0.15) is 6.04 Å². The molecule has 1 saturated heterocycles. The van der Waals surface area contributed by atoms with Crippen LogP contribution in [0.1, 0.15) is 12.8 Å². The monoisotopic (exact) mass is 369 g/mol. The van der Waals surface area contributed by atoms with Crippen LogP contribution in [-0.2, 0) is 9.59 Å². The van der Waals surface area contributed by atoms with E-state index in [1.165, 1.54) is 19.0 Å². The summed E-state index contributed by atoms with van der Waals surface area (Å²) in [6.45, 7) is 0.536. The molecule has 24 heavy (non-hydrogen) atoms. The number of hydrogen-bond donors (Lipinski definition) is 1. The topological polar surface area (TPSA) is 69.7 Å². The molecular formula is C16H20ClN3O3S. The van der Waals surface area contributed by atoms with E-state index in [4.69, 9.17) is 11.6 Å². The number of hydrogen-bond acceptors (Lipinski definition) is 4. The Balaban J connectivity index is 1.66. The van der Waals surface area contributed by atoms with Gasteiger partial charge in [0, 0.05) is 30.6 Å². The van der Waals surface area contributed by atoms with Gasteiger partial charge in [-0.05, 0) is 36.4 Å². The number of urea groups is 1. The van der Waals surface area contributed by atoms with Crippen molar-refractivity contribution in [3.8, 4) is 0 Å². The van der Waals surface area contributed by atoms with E-state index in [2.05, 4.69) is 5.32 Å². The number of halogens is 1. The molecule has 2 rings (SSSR count). The summed E-state index contributed by atoms with van der Waals surface area (Å²) in [6.07, 6.45) is 0.808. The number of amides is 4. The van der Waals surface area contributed by atoms with Crippen LogP contribution in [-0.4, -0.2) is 60.1 Å². The molecule has 130 valence electrons. The third kappa shape index (κ3) is 4.64. The van der Waals surface area contributed by atoms with Gasteiger partial charge in [-0.3, -0.25) is 14.5 Å². The average molecular weight is 370 g/mol. The first-order valence-corrected chi connectivity index (χ1v) is 8.96. The molecule has 1 aromatic carbocycles. The van der Waals surface area contributed by atoms with Crippen molar-refractivity contribution in [2.75, 3.05) is 26.4 Å². The van der Waals surface area contributed by atoms with Crippen LogP contribution in [0.2, 0.25) is 5.02 Å². The van der Waals surface area contributed by atoms with E-state index in [9.17, 15) is 14.4 Å². The second kappa shape index (κ2) is 8.39. The third-order valence-corrected chi connectivity index (χ3v) is 5.13. The van der Waals surface area contributed by atoms with Gasteiger partial charge in [0.15, 0.2) is 0 Å². The number of imide groups is 1. The molecule has 8 heteroatoms. The molecule has 1 aliphatic heterocycles. The molecule has 1 aliphatic rings. The van der Waals surface area contributed by atoms with Gasteiger partial charge in [0.05, 0.1) is 6.42 Å². The Hall–Kier alpha value is -1.73. The lowest BCUT2D eigenvalue weighted by atomic mass is 10.2. The molecule has 0 unspecified atom stereocenters. The standard InChI is InChI=1S/C16H20ClN3O3S/c1-19-13(15(22)20(2)16(19)23)10-14(21)18-8-3-9-24-12-6-4-11(17)5-7-12/h4-7,13H,3,8-10H2,1-2H3,(H,18,21)/t13-/m1/s1. The number of benzene rings is 1. The minimum Gasteiger partial charge on any atom is -0.356 e. The summed E-state index contributed by atoms with van der Waals surface area (Å²) in [4.78, 5) is 38.9. The van der Waals surface area contributed by atoms with Crippen molar-refractivity contribution in [2.45, 2.75) is 23.8 Å². The van der Waals surface area contributed by atoms with Gasteiger partial charge in [-0.25, -0.2) is 4.79 Å². The number of carbonyl (C=O) groups excluding carboxylic acids is 3. The molecular weight excluding hydrogens is 350 g/mol. The van der Waals surface area contributed by atoms with Crippen LogP contribution in [0.4, 0.5) is 4.79 Å². The van der Waals surface area contributed by atoms with Crippen molar-refractivity contribution in [3.05, 3.63) is 29.3 Å². The summed E-state index contributed by atoms with van der Waals surface area (Å²) in [5.41, 5.74) is 0. The van der Waals surface area contributed by atoms with Crippen molar-refractivity contribution in [1.82, 2.24) is 15.1 Å². The summed E-state index contributed by atoms with van der Waals surface area (Å²) < 4.78 is 0. The number of nitrogens with one attached hydrogen (secondary N) is 1. The highest BCUT2D eigenvalue weighted by atomic mass is 35.5. The fourth-order valence-corrected chi connectivity index (χ4v) is 3.33. The van der Waals surface area contributed by atoms with E-state index in [1.54, 1.807) is 11.8 Å². The maximum atomic E-state index is 11.9. The van der Waals surface area contributed by atoms with Crippen LogP contribution in [0, 0.1) is 0 Å². The predicted molar refractivity (Wildman–Crippen MR) is 94.1 cm³/mol. The van der Waals surface area contributed by atoms with Gasteiger partial charge >= 0.3 is 6.03 Å². The molecule has 4 amide bonds. The number of rotatable bonds is 7. The molecule has 0 radical (unpaired) electrons. The molecule has 1 atom stereocenters. The normalized spacial score (nSPS) is 17.5. The van der Waals surface area contributed by atoms with Gasteiger partial charge in [0.2, 0.25) is 5.91 Å². The van der Waals surface area contributed by atoms with Crippen LogP contribution >= 0.6 is 23.4 Å². The van der Waals surface area contributed by atoms with E-state index in [-0.39, 0.29) is 24.3 Å². The first-order valence-electron chi connectivity index (χ1n) is 7.59. The molecule has 0 aliphatic carbocycles. The van der Waals surface area contributed by atoms with Crippen LogP contribution in [0.3, 0.4) is 0 Å². The Morgan fingerprint density at radius 3 is 2.50 bits per heavy atom. The van der Waals surface area contributed by atoms with Gasteiger partial charge in [0.25, 0.3) is 5.91 Å². The minimum atomic E-state index is -0.703. The molecule has 1 heterocycles. The first kappa shape index (κ1) is 18.6. The SMILES string of the molecule is CN1C(=O)[C@@H](CC(=O)NCCCSc2ccc(Cl)cc2)N(C)C1=O. The van der Waals surface area contributed by atoms with E-state index in [0.717, 1.165) is 22.0 Å². The minimum absolute atomic E-state index is 0.00423. The van der Waals surface area contributed by atoms with Crippen LogP contribution in [0.5, 0.6) is 0 Å². The van der Waals surface area contributed by atoms with Crippen molar-refractivity contribution >= 4 is 41.2 Å². The smallest absolute Gasteiger partial charge is 0.326 e. The molecule has 0 saturated carbocycles. The Kier molecular flexibility index (Phi) is 6.51. The fraction of sp³-hybridized carbons (Fsp3) is 0.438. The quantitative estimate of drug-likeness (QED) is 0.454. The van der Waals surface area contributed by atoms with Gasteiger partial charge in [-0.2, -0.15) is 0 Å². The fourth-order valence-electron chi connectivity index (χ4n) is 2.35. The van der Waals surface area contributed by atoms with Crippen molar-refractivity contribution in [1.29, 1.82) is 0 Å². The Morgan fingerprint density at radius 1 is 1.25 bits per heavy atom. The Bertz CT molecular complexity index is 623. The van der Waals surface area contributed by atoms with Gasteiger partial charge in [-0.1, -0.05) is 11.6 Å². The molecule has 1 fully saturated rings. The zero-order valence-electron chi connectivity index (χ0n) is 13.6. The van der Waals surface area contributed by atoms with Crippen LogP contribution in [0.25, 0.3) is 0 Å². The number of likely N-dealkylation sites (N-methyl/N-ethyl adjacent to an activating group) is 2. The van der Waals surface area contributed by atoms with Crippen LogP contribution in [0.15, 0.2) is 29.2 Å². The maximum Gasteiger partial charge on any atom is 0.326 e. The van der Waals surface area contributed by atoms with E-state index >= 15 is 0 Å². The molecule has 6 nitrogen and oxygen atoms in total. The highest BCUT2D eigenvalue weighted by molar-refractivity contribution is 7.99. The summed E-state index contributed by atoms with van der Waals surface area (Å²) in [6, 6.07) is 6.53. The maximum absolute atomic E-state index is 11.9. The Labute approximate surface area is 150 Å². The lowest BCUT2D eigenvalue weighted by Crippen LogP contribution is -2.37. The third-order valence-electron chi connectivity index (χ3n) is 3.78. The first-order chi connectivity index (χ1) is 11.4. The summed E-state index contributed by atoms with van der Waals surface area (Å²) in [7, 11) is 2.96. The zero-order valence-corrected chi connectivity index (χ0v) is 15.2. The highest BCUT2D eigenvalue weighted by Crippen LogP contribution is 2.20. The van der Waals surface area contributed by atoms with E-state index < -0.39 is 6.04 Å². The van der Waals surface area contributed by atoms with Crippen LogP contribution < -0.4 is 5.32 Å². The van der Waals surface area contributed by atoms with Crippen molar-refractivity contribution in [2.24, 2.45) is 0 Å². The average Bonchev–Trinajstić information content (AvgIpc) is 2.74. The number of carbonyl (C=O) groups is 3. The second-order valence-electron chi connectivity index (χ2n) is 5.52. The summed E-state index contributed by atoms with van der Waals surface area (Å²) in [5.74, 6) is 0.307. The van der Waals surface area contributed by atoms with Gasteiger partial charge in [-0.15, -0.1) is 11.8 Å². The van der Waals surface area contributed by atoms with Gasteiger partial charge < -0.3 is 10.2 Å². The predicted octanol–water partition coefficient (Wildman–Crippen LogP) is 2.22. The Morgan fingerprint density at radius 2 is 1.92 bits per heavy atom. The lowest BCUT2D eigenvalue weighted by Gasteiger charge is -2.15. The van der Waals surface area contributed by atoms with Crippen molar-refractivity contribution < 1.29 is 14.4 Å². The molecule has 0 aromatic heterocycles.